The van der Waals surface area contributed by atoms with E-state index >= 15 is 0 Å². The highest BCUT2D eigenvalue weighted by molar-refractivity contribution is 5.89. The summed E-state index contributed by atoms with van der Waals surface area (Å²) >= 11 is 0. The molecule has 0 bridgehead atoms. The molecule has 0 spiro atoms. The van der Waals surface area contributed by atoms with E-state index in [1.807, 2.05) is 29.7 Å². The normalized spacial score (nSPS) is 10.6. The second kappa shape index (κ2) is 7.04. The maximum absolute atomic E-state index is 12.1. The van der Waals surface area contributed by atoms with Crippen molar-refractivity contribution in [2.75, 3.05) is 5.32 Å². The highest BCUT2D eigenvalue weighted by Crippen LogP contribution is 2.29. The molecule has 0 unspecified atom stereocenters. The predicted molar refractivity (Wildman–Crippen MR) is 95.0 cm³/mol. The minimum Gasteiger partial charge on any atom is -0.393 e. The monoisotopic (exact) mass is 339 g/mol. The number of nitro groups is 1. The number of hydrogen-bond donors (Lipinski definition) is 1. The fraction of sp³-hybridized carbons (Fsp3) is 0.167. The van der Waals surface area contributed by atoms with Crippen LogP contribution in [0.15, 0.2) is 54.6 Å². The van der Waals surface area contributed by atoms with Crippen LogP contribution in [0.2, 0.25) is 0 Å². The van der Waals surface area contributed by atoms with Crippen LogP contribution in [0.4, 0.5) is 16.2 Å². The number of rotatable bonds is 5. The minimum atomic E-state index is -0.610. The van der Waals surface area contributed by atoms with Crippen molar-refractivity contribution in [3.8, 4) is 5.88 Å². The van der Waals surface area contributed by atoms with Crippen LogP contribution in [0.3, 0.4) is 0 Å². The summed E-state index contributed by atoms with van der Waals surface area (Å²) in [5.74, 6) is 0.353. The summed E-state index contributed by atoms with van der Waals surface area (Å²) in [5, 5.41) is 14.3. The predicted octanol–water partition coefficient (Wildman–Crippen LogP) is 4.57. The lowest BCUT2D eigenvalue weighted by Crippen LogP contribution is -2.18. The summed E-state index contributed by atoms with van der Waals surface area (Å²) in [7, 11) is 0. The number of non-ortho nitro benzene ring substituents is 1. The van der Waals surface area contributed by atoms with Gasteiger partial charge in [-0.25, -0.2) is 4.79 Å². The van der Waals surface area contributed by atoms with Gasteiger partial charge in [0.1, 0.15) is 0 Å². The summed E-state index contributed by atoms with van der Waals surface area (Å²) in [6.07, 6.45) is 0.220. The van der Waals surface area contributed by atoms with Gasteiger partial charge in [-0.1, -0.05) is 25.1 Å². The maximum atomic E-state index is 12.1. The number of fused-ring (bicyclic) bond motifs is 1. The Bertz CT molecular complexity index is 919. The van der Waals surface area contributed by atoms with Crippen molar-refractivity contribution in [1.29, 1.82) is 0 Å². The minimum absolute atomic E-state index is 0.00133. The van der Waals surface area contributed by atoms with E-state index < -0.39 is 11.0 Å². The van der Waals surface area contributed by atoms with Gasteiger partial charge in [-0.15, -0.1) is 0 Å². The van der Waals surface area contributed by atoms with Gasteiger partial charge < -0.3 is 9.30 Å². The highest BCUT2D eigenvalue weighted by atomic mass is 16.6. The number of nitro benzene ring substituents is 1. The van der Waals surface area contributed by atoms with Gasteiger partial charge in [0.25, 0.3) is 5.69 Å². The van der Waals surface area contributed by atoms with E-state index in [-0.39, 0.29) is 5.69 Å². The summed E-state index contributed by atoms with van der Waals surface area (Å²) in [4.78, 5) is 22.6. The number of carbonyl (C=O) groups is 1. The van der Waals surface area contributed by atoms with E-state index in [2.05, 4.69) is 5.32 Å². The quantitative estimate of drug-likeness (QED) is 0.545. The van der Waals surface area contributed by atoms with Crippen LogP contribution >= 0.6 is 0 Å². The molecule has 1 amide bonds. The first-order valence-electron chi connectivity index (χ1n) is 7.90. The number of nitrogens with zero attached hydrogens (tertiary/aromatic N) is 2. The Balaban J connectivity index is 1.90. The van der Waals surface area contributed by atoms with Crippen molar-refractivity contribution in [3.63, 3.8) is 0 Å². The Morgan fingerprint density at radius 3 is 2.64 bits per heavy atom. The smallest absolute Gasteiger partial charge is 0.393 e. The summed E-state index contributed by atoms with van der Waals surface area (Å²) < 4.78 is 7.27. The van der Waals surface area contributed by atoms with Crippen LogP contribution in [-0.4, -0.2) is 15.6 Å². The van der Waals surface area contributed by atoms with Crippen LogP contribution < -0.4 is 10.1 Å². The number of aromatic nitrogens is 1. The Hall–Kier alpha value is -3.35. The van der Waals surface area contributed by atoms with E-state index in [9.17, 15) is 14.9 Å². The van der Waals surface area contributed by atoms with Crippen LogP contribution in [0, 0.1) is 10.1 Å². The molecule has 0 fully saturated rings. The maximum Gasteiger partial charge on any atom is 0.418 e. The van der Waals surface area contributed by atoms with Crippen molar-refractivity contribution in [2.45, 2.75) is 19.9 Å². The third kappa shape index (κ3) is 3.60. The van der Waals surface area contributed by atoms with E-state index in [1.165, 1.54) is 12.1 Å². The van der Waals surface area contributed by atoms with Gasteiger partial charge >= 0.3 is 6.09 Å². The lowest BCUT2D eigenvalue weighted by Gasteiger charge is -2.10. The molecular formula is C18H17N3O4. The molecule has 25 heavy (non-hydrogen) atoms. The van der Waals surface area contributed by atoms with Gasteiger partial charge in [0, 0.05) is 35.8 Å². The molecule has 0 aliphatic carbocycles. The largest absolute Gasteiger partial charge is 0.418 e. The zero-order valence-corrected chi connectivity index (χ0v) is 13.6. The number of carbonyl (C=O) groups excluding carboxylic acids is 1. The molecule has 0 aliphatic rings. The SMILES string of the molecule is CCCn1c(OC(=O)Nc2ccccc2)cc2cc([N+](=O)[O-])ccc21. The zero-order chi connectivity index (χ0) is 17.8. The van der Waals surface area contributed by atoms with Crippen molar-refractivity contribution >= 4 is 28.4 Å². The van der Waals surface area contributed by atoms with E-state index in [4.69, 9.17) is 4.74 Å². The molecule has 7 nitrogen and oxygen atoms in total. The van der Waals surface area contributed by atoms with E-state index in [0.717, 1.165) is 11.9 Å². The molecule has 3 rings (SSSR count). The summed E-state index contributed by atoms with van der Waals surface area (Å²) in [6, 6.07) is 15.2. The Kier molecular flexibility index (Phi) is 4.65. The Morgan fingerprint density at radius 2 is 1.96 bits per heavy atom. The fourth-order valence-electron chi connectivity index (χ4n) is 2.65. The second-order valence-corrected chi connectivity index (χ2v) is 5.51. The molecule has 1 N–H and O–H groups in total. The molecule has 1 aromatic heterocycles. The number of para-hydroxylation sites is 1. The first-order valence-corrected chi connectivity index (χ1v) is 7.90. The van der Waals surface area contributed by atoms with Gasteiger partial charge in [-0.2, -0.15) is 0 Å². The average molecular weight is 339 g/mol. The molecule has 128 valence electrons. The molecule has 0 saturated carbocycles. The molecule has 0 saturated heterocycles. The third-order valence-corrected chi connectivity index (χ3v) is 3.72. The van der Waals surface area contributed by atoms with Crippen LogP contribution in [-0.2, 0) is 6.54 Å². The van der Waals surface area contributed by atoms with Gasteiger partial charge in [0.05, 0.1) is 10.4 Å². The highest BCUT2D eigenvalue weighted by Gasteiger charge is 2.16. The van der Waals surface area contributed by atoms with Crippen molar-refractivity contribution in [1.82, 2.24) is 4.57 Å². The first kappa shape index (κ1) is 16.5. The molecule has 0 aliphatic heterocycles. The number of hydrogen-bond acceptors (Lipinski definition) is 4. The average Bonchev–Trinajstić information content (AvgIpc) is 2.92. The number of nitrogens with one attached hydrogen (secondary N) is 1. The molecule has 3 aromatic rings. The number of anilines is 1. The van der Waals surface area contributed by atoms with Gasteiger partial charge in [-0.3, -0.25) is 15.4 Å². The standard InChI is InChI=1S/C18H17N3O4/c1-2-10-20-16-9-8-15(21(23)24)11-13(16)12-17(20)25-18(22)19-14-6-4-3-5-7-14/h3-9,11-12H,2,10H2,1H3,(H,19,22). The van der Waals surface area contributed by atoms with Gasteiger partial charge in [0.15, 0.2) is 0 Å². The van der Waals surface area contributed by atoms with Gasteiger partial charge in [-0.05, 0) is 24.6 Å². The molecular weight excluding hydrogens is 322 g/mol. The fourth-order valence-corrected chi connectivity index (χ4v) is 2.65. The molecule has 0 atom stereocenters. The molecule has 1 heterocycles. The van der Waals surface area contributed by atoms with Crippen molar-refractivity contribution < 1.29 is 14.5 Å². The topological polar surface area (TPSA) is 86.4 Å². The zero-order valence-electron chi connectivity index (χ0n) is 13.6. The van der Waals surface area contributed by atoms with E-state index in [1.54, 1.807) is 24.3 Å². The number of aryl methyl sites for hydroxylation is 1. The lowest BCUT2D eigenvalue weighted by molar-refractivity contribution is -0.384. The van der Waals surface area contributed by atoms with Crippen LogP contribution in [0.1, 0.15) is 13.3 Å². The Morgan fingerprint density at radius 1 is 1.20 bits per heavy atom. The molecule has 0 radical (unpaired) electrons. The van der Waals surface area contributed by atoms with Crippen LogP contribution in [0.5, 0.6) is 5.88 Å². The summed E-state index contributed by atoms with van der Waals surface area (Å²) in [6.45, 7) is 2.64. The summed E-state index contributed by atoms with van der Waals surface area (Å²) in [5.41, 5.74) is 1.41. The van der Waals surface area contributed by atoms with Crippen LogP contribution in [0.25, 0.3) is 10.9 Å². The number of benzene rings is 2. The number of ether oxygens (including phenoxy) is 1. The number of amides is 1. The lowest BCUT2D eigenvalue weighted by atomic mass is 10.2. The second-order valence-electron chi connectivity index (χ2n) is 5.51. The van der Waals surface area contributed by atoms with E-state index in [0.29, 0.717) is 23.5 Å². The van der Waals surface area contributed by atoms with Crippen molar-refractivity contribution in [2.24, 2.45) is 0 Å². The first-order chi connectivity index (χ1) is 12.1. The van der Waals surface area contributed by atoms with Crippen molar-refractivity contribution in [3.05, 3.63) is 64.7 Å². The Labute approximate surface area is 144 Å². The molecule has 2 aromatic carbocycles. The van der Waals surface area contributed by atoms with Gasteiger partial charge in [0.2, 0.25) is 5.88 Å². The third-order valence-electron chi connectivity index (χ3n) is 3.72. The molecule has 7 heteroatoms.